The van der Waals surface area contributed by atoms with Gasteiger partial charge in [-0.05, 0) is 34.7 Å². The quantitative estimate of drug-likeness (QED) is 0.749. The lowest BCUT2D eigenvalue weighted by molar-refractivity contribution is -0.132. The van der Waals surface area contributed by atoms with Crippen LogP contribution in [0.3, 0.4) is 0 Å². The summed E-state index contributed by atoms with van der Waals surface area (Å²) >= 11 is 11.6. The number of hydrogen-bond acceptors (Lipinski definition) is 5. The predicted molar refractivity (Wildman–Crippen MR) is 91.4 cm³/mol. The first kappa shape index (κ1) is 17.1. The molecule has 0 radical (unpaired) electrons. The fraction of sp³-hybridized carbons (Fsp3) is 0.467. The topological polar surface area (TPSA) is 67.2 Å². The second-order valence-corrected chi connectivity index (χ2v) is 6.39. The Labute approximate surface area is 150 Å². The molecule has 2 heterocycles. The molecule has 0 unspecified atom stereocenters. The Balaban J connectivity index is 1.61. The Morgan fingerprint density at radius 2 is 1.83 bits per heavy atom. The van der Waals surface area contributed by atoms with Gasteiger partial charge in [0, 0.05) is 43.5 Å². The molecule has 1 saturated heterocycles. The zero-order chi connectivity index (χ0) is 16.9. The van der Waals surface area contributed by atoms with E-state index in [0.29, 0.717) is 37.0 Å². The van der Waals surface area contributed by atoms with Crippen molar-refractivity contribution in [3.8, 4) is 5.69 Å². The molecule has 1 aliphatic heterocycles. The Morgan fingerprint density at radius 3 is 2.50 bits per heavy atom. The van der Waals surface area contributed by atoms with Crippen molar-refractivity contribution in [1.82, 2.24) is 30.0 Å². The number of piperazine rings is 1. The molecule has 3 rings (SSSR count). The van der Waals surface area contributed by atoms with Crippen LogP contribution in [0.15, 0.2) is 24.3 Å². The van der Waals surface area contributed by atoms with Gasteiger partial charge in [0.25, 0.3) is 0 Å². The normalized spacial score (nSPS) is 15.7. The number of amides is 1. The molecule has 1 aromatic carbocycles. The zero-order valence-electron chi connectivity index (χ0n) is 13.1. The monoisotopic (exact) mass is 368 g/mol. The van der Waals surface area contributed by atoms with Crippen LogP contribution < -0.4 is 0 Å². The van der Waals surface area contributed by atoms with E-state index in [4.69, 9.17) is 23.2 Å². The van der Waals surface area contributed by atoms with Gasteiger partial charge in [0.2, 0.25) is 5.91 Å². The minimum atomic E-state index is 0.121. The largest absolute Gasteiger partial charge is 0.340 e. The second kappa shape index (κ2) is 7.92. The number of tetrazole rings is 1. The van der Waals surface area contributed by atoms with Crippen molar-refractivity contribution < 1.29 is 4.79 Å². The third kappa shape index (κ3) is 4.03. The van der Waals surface area contributed by atoms with Crippen molar-refractivity contribution in [3.05, 3.63) is 35.1 Å². The van der Waals surface area contributed by atoms with E-state index < -0.39 is 0 Å². The van der Waals surface area contributed by atoms with Gasteiger partial charge < -0.3 is 4.90 Å². The number of hydrogen-bond donors (Lipinski definition) is 0. The molecule has 9 heteroatoms. The summed E-state index contributed by atoms with van der Waals surface area (Å²) in [5.41, 5.74) is 0.871. The molecular formula is C15H18Cl2N6O. The number of carbonyl (C=O) groups excluding carboxylic acids is 1. The van der Waals surface area contributed by atoms with E-state index in [-0.39, 0.29) is 5.91 Å². The third-order valence-corrected chi connectivity index (χ3v) is 4.44. The zero-order valence-corrected chi connectivity index (χ0v) is 14.6. The number of rotatable bonds is 5. The summed E-state index contributed by atoms with van der Waals surface area (Å²) < 4.78 is 1.71. The van der Waals surface area contributed by atoms with Gasteiger partial charge >= 0.3 is 0 Å². The van der Waals surface area contributed by atoms with E-state index in [1.165, 1.54) is 0 Å². The fourth-order valence-corrected chi connectivity index (χ4v) is 2.97. The van der Waals surface area contributed by atoms with Gasteiger partial charge in [-0.1, -0.05) is 11.6 Å². The highest BCUT2D eigenvalue weighted by atomic mass is 35.5. The molecule has 1 amide bonds. The molecule has 1 fully saturated rings. The number of nitrogens with zero attached hydrogens (tertiary/aromatic N) is 6. The van der Waals surface area contributed by atoms with Gasteiger partial charge in [-0.3, -0.25) is 9.69 Å². The lowest BCUT2D eigenvalue weighted by Crippen LogP contribution is -2.48. The van der Waals surface area contributed by atoms with Crippen molar-refractivity contribution in [3.63, 3.8) is 0 Å². The van der Waals surface area contributed by atoms with Crippen LogP contribution in [0.5, 0.6) is 0 Å². The maximum Gasteiger partial charge on any atom is 0.223 e. The number of halogens is 2. The summed E-state index contributed by atoms with van der Waals surface area (Å²) in [5, 5.41) is 12.6. The lowest BCUT2D eigenvalue weighted by atomic mass is 10.2. The first-order chi connectivity index (χ1) is 11.7. The molecule has 0 N–H and O–H groups in total. The lowest BCUT2D eigenvalue weighted by Gasteiger charge is -2.34. The summed E-state index contributed by atoms with van der Waals surface area (Å²) in [4.78, 5) is 16.0. The number of benzene rings is 1. The smallest absolute Gasteiger partial charge is 0.223 e. The van der Waals surface area contributed by atoms with Gasteiger partial charge in [0.05, 0.1) is 12.2 Å². The Bertz CT molecular complexity index is 682. The predicted octanol–water partition coefficient (Wildman–Crippen LogP) is 1.59. The minimum absolute atomic E-state index is 0.121. The van der Waals surface area contributed by atoms with Crippen molar-refractivity contribution in [2.24, 2.45) is 0 Å². The van der Waals surface area contributed by atoms with Crippen molar-refractivity contribution in [2.45, 2.75) is 13.0 Å². The number of carbonyl (C=O) groups is 1. The summed E-state index contributed by atoms with van der Waals surface area (Å²) in [6.07, 6.45) is 0.399. The molecule has 128 valence electrons. The molecule has 7 nitrogen and oxygen atoms in total. The van der Waals surface area contributed by atoms with Gasteiger partial charge in [-0.15, -0.1) is 16.7 Å². The molecule has 0 spiro atoms. The van der Waals surface area contributed by atoms with Crippen LogP contribution in [-0.2, 0) is 11.3 Å². The van der Waals surface area contributed by atoms with E-state index in [2.05, 4.69) is 20.4 Å². The van der Waals surface area contributed by atoms with Gasteiger partial charge in [0.15, 0.2) is 5.82 Å². The van der Waals surface area contributed by atoms with Gasteiger partial charge in [-0.2, -0.15) is 4.68 Å². The second-order valence-electron chi connectivity index (χ2n) is 5.58. The first-order valence-corrected chi connectivity index (χ1v) is 8.68. The van der Waals surface area contributed by atoms with Gasteiger partial charge in [-0.25, -0.2) is 0 Å². The average molecular weight is 369 g/mol. The Kier molecular flexibility index (Phi) is 5.65. The molecular weight excluding hydrogens is 351 g/mol. The van der Waals surface area contributed by atoms with Crippen molar-refractivity contribution >= 4 is 29.1 Å². The maximum absolute atomic E-state index is 11.9. The third-order valence-electron chi connectivity index (χ3n) is 4.00. The van der Waals surface area contributed by atoms with Crippen LogP contribution in [0.4, 0.5) is 0 Å². The van der Waals surface area contributed by atoms with Crippen LogP contribution in [0.1, 0.15) is 12.2 Å². The average Bonchev–Trinajstić information content (AvgIpc) is 3.04. The van der Waals surface area contributed by atoms with Crippen LogP contribution in [0.2, 0.25) is 5.02 Å². The van der Waals surface area contributed by atoms with Crippen LogP contribution >= 0.6 is 23.2 Å². The summed E-state index contributed by atoms with van der Waals surface area (Å²) in [6, 6.07) is 7.38. The highest BCUT2D eigenvalue weighted by molar-refractivity contribution is 6.30. The fourth-order valence-electron chi connectivity index (χ4n) is 2.68. The summed E-state index contributed by atoms with van der Waals surface area (Å²) in [7, 11) is 0. The molecule has 0 bridgehead atoms. The molecule has 1 aliphatic rings. The van der Waals surface area contributed by atoms with Crippen molar-refractivity contribution in [2.75, 3.05) is 32.1 Å². The highest BCUT2D eigenvalue weighted by Crippen LogP contribution is 2.15. The molecule has 24 heavy (non-hydrogen) atoms. The highest BCUT2D eigenvalue weighted by Gasteiger charge is 2.22. The van der Waals surface area contributed by atoms with Crippen LogP contribution in [0, 0.1) is 0 Å². The van der Waals surface area contributed by atoms with E-state index in [1.807, 2.05) is 29.2 Å². The van der Waals surface area contributed by atoms with Crippen LogP contribution in [0.25, 0.3) is 5.69 Å². The van der Waals surface area contributed by atoms with E-state index in [1.54, 1.807) is 4.68 Å². The Hall–Kier alpha value is -1.70. The van der Waals surface area contributed by atoms with E-state index in [9.17, 15) is 4.79 Å². The SMILES string of the molecule is O=C(CCCl)N1CCN(Cc2nnnn2-c2ccc(Cl)cc2)CC1. The molecule has 0 saturated carbocycles. The number of aromatic nitrogens is 4. The van der Waals surface area contributed by atoms with Gasteiger partial charge in [0.1, 0.15) is 0 Å². The van der Waals surface area contributed by atoms with E-state index in [0.717, 1.165) is 24.6 Å². The molecule has 1 aromatic heterocycles. The number of alkyl halides is 1. The minimum Gasteiger partial charge on any atom is -0.340 e. The van der Waals surface area contributed by atoms with E-state index >= 15 is 0 Å². The molecule has 0 aliphatic carbocycles. The summed E-state index contributed by atoms with van der Waals surface area (Å²) in [6.45, 7) is 3.63. The summed E-state index contributed by atoms with van der Waals surface area (Å²) in [5.74, 6) is 1.25. The molecule has 2 aromatic rings. The Morgan fingerprint density at radius 1 is 1.12 bits per heavy atom. The first-order valence-electron chi connectivity index (χ1n) is 7.76. The standard InChI is InChI=1S/C15H18Cl2N6O/c16-6-5-15(24)22-9-7-21(8-10-22)11-14-18-19-20-23(14)13-3-1-12(17)2-4-13/h1-4H,5-11H2. The molecule has 0 atom stereocenters. The van der Waals surface area contributed by atoms with Crippen LogP contribution in [-0.4, -0.2) is 68.0 Å². The van der Waals surface area contributed by atoms with Crippen molar-refractivity contribution in [1.29, 1.82) is 0 Å². The maximum atomic E-state index is 11.9.